The van der Waals surface area contributed by atoms with Crippen molar-refractivity contribution in [3.63, 3.8) is 0 Å². The second-order valence-corrected chi connectivity index (χ2v) is 6.87. The SMILES string of the molecule is CCCNC(=O)c1nc(C(=O)Nc2cc(C)ccc2C)c2n1CCCC2. The number of carbonyl (C=O) groups is 2. The first kappa shape index (κ1) is 18.2. The second-order valence-electron chi connectivity index (χ2n) is 6.87. The Morgan fingerprint density at radius 3 is 2.77 bits per heavy atom. The van der Waals surface area contributed by atoms with Crippen molar-refractivity contribution in [2.45, 2.75) is 53.0 Å². The molecular formula is C20H26N4O2. The van der Waals surface area contributed by atoms with E-state index >= 15 is 0 Å². The number of hydrogen-bond acceptors (Lipinski definition) is 3. The smallest absolute Gasteiger partial charge is 0.287 e. The van der Waals surface area contributed by atoms with Crippen LogP contribution in [-0.2, 0) is 13.0 Å². The highest BCUT2D eigenvalue weighted by atomic mass is 16.2. The van der Waals surface area contributed by atoms with Crippen LogP contribution in [-0.4, -0.2) is 27.9 Å². The first-order valence-corrected chi connectivity index (χ1v) is 9.27. The average Bonchev–Trinajstić information content (AvgIpc) is 3.02. The molecule has 6 nitrogen and oxygen atoms in total. The lowest BCUT2D eigenvalue weighted by Gasteiger charge is -2.17. The number of fused-ring (bicyclic) bond motifs is 1. The van der Waals surface area contributed by atoms with Crippen molar-refractivity contribution in [2.75, 3.05) is 11.9 Å². The van der Waals surface area contributed by atoms with Gasteiger partial charge in [0.2, 0.25) is 0 Å². The third-order valence-electron chi connectivity index (χ3n) is 4.71. The van der Waals surface area contributed by atoms with E-state index in [1.165, 1.54) is 0 Å². The molecule has 0 radical (unpaired) electrons. The summed E-state index contributed by atoms with van der Waals surface area (Å²) in [4.78, 5) is 29.8. The molecule has 2 N–H and O–H groups in total. The highest BCUT2D eigenvalue weighted by Gasteiger charge is 2.27. The van der Waals surface area contributed by atoms with Gasteiger partial charge in [-0.2, -0.15) is 0 Å². The van der Waals surface area contributed by atoms with E-state index in [9.17, 15) is 9.59 Å². The topological polar surface area (TPSA) is 76.0 Å². The van der Waals surface area contributed by atoms with Gasteiger partial charge in [0.15, 0.2) is 11.5 Å². The van der Waals surface area contributed by atoms with Crippen molar-refractivity contribution in [3.05, 3.63) is 46.5 Å². The molecule has 1 aliphatic heterocycles. The fourth-order valence-corrected chi connectivity index (χ4v) is 3.27. The number of aromatic nitrogens is 2. The van der Waals surface area contributed by atoms with E-state index in [-0.39, 0.29) is 11.8 Å². The van der Waals surface area contributed by atoms with Gasteiger partial charge in [-0.15, -0.1) is 0 Å². The summed E-state index contributed by atoms with van der Waals surface area (Å²) in [6.45, 7) is 7.29. The maximum absolute atomic E-state index is 12.9. The maximum Gasteiger partial charge on any atom is 0.287 e. The molecule has 0 saturated carbocycles. The van der Waals surface area contributed by atoms with Crippen LogP contribution in [0.4, 0.5) is 5.69 Å². The number of benzene rings is 1. The number of aryl methyl sites for hydroxylation is 2. The number of carbonyl (C=O) groups excluding carboxylic acids is 2. The highest BCUT2D eigenvalue weighted by Crippen LogP contribution is 2.23. The van der Waals surface area contributed by atoms with Gasteiger partial charge in [0.1, 0.15) is 0 Å². The van der Waals surface area contributed by atoms with Gasteiger partial charge in [-0.1, -0.05) is 19.1 Å². The van der Waals surface area contributed by atoms with Crippen LogP contribution in [0.3, 0.4) is 0 Å². The Morgan fingerprint density at radius 1 is 1.19 bits per heavy atom. The predicted octanol–water partition coefficient (Wildman–Crippen LogP) is 3.23. The van der Waals surface area contributed by atoms with Gasteiger partial charge in [0.05, 0.1) is 5.69 Å². The van der Waals surface area contributed by atoms with Crippen LogP contribution in [0, 0.1) is 13.8 Å². The third kappa shape index (κ3) is 3.64. The molecule has 3 rings (SSSR count). The molecule has 0 saturated heterocycles. The molecule has 1 aromatic carbocycles. The molecule has 26 heavy (non-hydrogen) atoms. The summed E-state index contributed by atoms with van der Waals surface area (Å²) in [5, 5.41) is 5.83. The van der Waals surface area contributed by atoms with Crippen molar-refractivity contribution < 1.29 is 9.59 Å². The molecule has 0 atom stereocenters. The van der Waals surface area contributed by atoms with Crippen molar-refractivity contribution in [1.29, 1.82) is 0 Å². The lowest BCUT2D eigenvalue weighted by molar-refractivity contribution is 0.0937. The lowest BCUT2D eigenvalue weighted by Crippen LogP contribution is -2.28. The monoisotopic (exact) mass is 354 g/mol. The molecule has 2 amide bonds. The molecule has 6 heteroatoms. The van der Waals surface area contributed by atoms with Gasteiger partial charge >= 0.3 is 0 Å². The van der Waals surface area contributed by atoms with E-state index in [2.05, 4.69) is 15.6 Å². The van der Waals surface area contributed by atoms with Gasteiger partial charge in [0, 0.05) is 18.8 Å². The maximum atomic E-state index is 12.9. The summed E-state index contributed by atoms with van der Waals surface area (Å²) in [6.07, 6.45) is 3.63. The Morgan fingerprint density at radius 2 is 2.00 bits per heavy atom. The largest absolute Gasteiger partial charge is 0.349 e. The quantitative estimate of drug-likeness (QED) is 0.865. The van der Waals surface area contributed by atoms with Crippen LogP contribution in [0.1, 0.15) is 64.1 Å². The summed E-state index contributed by atoms with van der Waals surface area (Å²) < 4.78 is 1.91. The molecule has 2 heterocycles. The Kier molecular flexibility index (Phi) is 5.40. The zero-order chi connectivity index (χ0) is 18.7. The Bertz CT molecular complexity index is 839. The number of hydrogen-bond donors (Lipinski definition) is 2. The number of rotatable bonds is 5. The van der Waals surface area contributed by atoms with Gasteiger partial charge in [-0.05, 0) is 56.7 Å². The van der Waals surface area contributed by atoms with Gasteiger partial charge in [-0.25, -0.2) is 4.98 Å². The summed E-state index contributed by atoms with van der Waals surface area (Å²) in [7, 11) is 0. The second kappa shape index (κ2) is 7.72. The van der Waals surface area contributed by atoms with Crippen molar-refractivity contribution >= 4 is 17.5 Å². The highest BCUT2D eigenvalue weighted by molar-refractivity contribution is 6.05. The molecule has 0 fully saturated rings. The van der Waals surface area contributed by atoms with Crippen LogP contribution in [0.2, 0.25) is 0 Å². The van der Waals surface area contributed by atoms with E-state index in [1.807, 2.05) is 43.5 Å². The molecule has 0 bridgehead atoms. The van der Waals surface area contributed by atoms with Gasteiger partial charge in [0.25, 0.3) is 11.8 Å². The van der Waals surface area contributed by atoms with Crippen molar-refractivity contribution in [1.82, 2.24) is 14.9 Å². The van der Waals surface area contributed by atoms with Crippen LogP contribution < -0.4 is 10.6 Å². The summed E-state index contributed by atoms with van der Waals surface area (Å²) in [5.41, 5.74) is 4.09. The van der Waals surface area contributed by atoms with Crippen molar-refractivity contribution in [3.8, 4) is 0 Å². The fourth-order valence-electron chi connectivity index (χ4n) is 3.27. The Labute approximate surface area is 154 Å². The van der Waals surface area contributed by atoms with Crippen LogP contribution in [0.15, 0.2) is 18.2 Å². The molecule has 0 unspecified atom stereocenters. The molecule has 0 spiro atoms. The normalized spacial score (nSPS) is 13.2. The average molecular weight is 354 g/mol. The molecule has 1 aromatic heterocycles. The summed E-state index contributed by atoms with van der Waals surface area (Å²) >= 11 is 0. The van der Waals surface area contributed by atoms with E-state index in [0.29, 0.717) is 18.1 Å². The minimum atomic E-state index is -0.251. The van der Waals surface area contributed by atoms with Gasteiger partial charge in [-0.3, -0.25) is 9.59 Å². The summed E-state index contributed by atoms with van der Waals surface area (Å²) in [6, 6.07) is 5.95. The minimum Gasteiger partial charge on any atom is -0.349 e. The minimum absolute atomic E-state index is 0.208. The summed E-state index contributed by atoms with van der Waals surface area (Å²) in [5.74, 6) is -0.112. The van der Waals surface area contributed by atoms with E-state index in [4.69, 9.17) is 0 Å². The van der Waals surface area contributed by atoms with Gasteiger partial charge < -0.3 is 15.2 Å². The van der Waals surface area contributed by atoms with Crippen LogP contribution >= 0.6 is 0 Å². The molecule has 2 aromatic rings. The zero-order valence-electron chi connectivity index (χ0n) is 15.7. The molecular weight excluding hydrogens is 328 g/mol. The number of nitrogens with one attached hydrogen (secondary N) is 2. The number of imidazole rings is 1. The van der Waals surface area contributed by atoms with E-state index in [0.717, 1.165) is 54.7 Å². The molecule has 138 valence electrons. The number of anilines is 1. The fraction of sp³-hybridized carbons (Fsp3) is 0.450. The first-order chi connectivity index (χ1) is 12.5. The molecule has 1 aliphatic rings. The third-order valence-corrected chi connectivity index (χ3v) is 4.71. The first-order valence-electron chi connectivity index (χ1n) is 9.27. The predicted molar refractivity (Wildman–Crippen MR) is 102 cm³/mol. The Hall–Kier alpha value is -2.63. The van der Waals surface area contributed by atoms with Crippen molar-refractivity contribution in [2.24, 2.45) is 0 Å². The van der Waals surface area contributed by atoms with Crippen LogP contribution in [0.25, 0.3) is 0 Å². The molecule has 0 aliphatic carbocycles. The van der Waals surface area contributed by atoms with E-state index < -0.39 is 0 Å². The standard InChI is InChI=1S/C20H26N4O2/c1-4-10-21-20(26)18-23-17(16-7-5-6-11-24(16)18)19(25)22-15-12-13(2)8-9-14(15)3/h8-9,12H,4-7,10-11H2,1-3H3,(H,21,26)(H,22,25). The number of amides is 2. The number of nitrogens with zero attached hydrogens (tertiary/aromatic N) is 2. The van der Waals surface area contributed by atoms with E-state index in [1.54, 1.807) is 0 Å². The van der Waals surface area contributed by atoms with Crippen LogP contribution in [0.5, 0.6) is 0 Å². The Balaban J connectivity index is 1.91. The zero-order valence-corrected chi connectivity index (χ0v) is 15.7. The lowest BCUT2D eigenvalue weighted by atomic mass is 10.1.